The number of rotatable bonds is 5. The third kappa shape index (κ3) is 4.88. The van der Waals surface area contributed by atoms with E-state index >= 15 is 0 Å². The molecule has 1 amide bonds. The highest BCUT2D eigenvalue weighted by Crippen LogP contribution is 2.29. The van der Waals surface area contributed by atoms with Crippen molar-refractivity contribution in [2.75, 3.05) is 18.4 Å². The molecule has 7 nitrogen and oxygen atoms in total. The number of likely N-dealkylation sites (tertiary alicyclic amines) is 1. The predicted octanol–water partition coefficient (Wildman–Crippen LogP) is 4.96. The molecule has 0 saturated carbocycles. The second-order valence-corrected chi connectivity index (χ2v) is 8.65. The summed E-state index contributed by atoms with van der Waals surface area (Å²) in [5.74, 6) is 1.56. The first-order valence-electron chi connectivity index (χ1n) is 9.75. The zero-order valence-corrected chi connectivity index (χ0v) is 18.7. The molecule has 1 aliphatic heterocycles. The molecule has 30 heavy (non-hydrogen) atoms. The molecule has 1 saturated heterocycles. The standard InChI is InChI=1S/C21H21BrClN5O2/c1-13(20-26-27-21(30-20)15-3-2-4-17(23)11-15)28-9-7-14(8-10-28)19(29)25-18-6-5-16(22)12-24-18/h2-6,11-14H,7-10H2,1H3,(H,24,25,29). The van der Waals surface area contributed by atoms with Crippen LogP contribution in [-0.4, -0.2) is 39.1 Å². The maximum Gasteiger partial charge on any atom is 0.247 e. The molecule has 0 bridgehead atoms. The number of nitrogens with zero attached hydrogens (tertiary/aromatic N) is 4. The Kier molecular flexibility index (Phi) is 6.46. The van der Waals surface area contributed by atoms with Crippen LogP contribution in [0.25, 0.3) is 11.5 Å². The molecule has 0 radical (unpaired) electrons. The molecule has 1 aromatic carbocycles. The summed E-state index contributed by atoms with van der Waals surface area (Å²) in [5, 5.41) is 11.9. The van der Waals surface area contributed by atoms with Crippen LogP contribution in [0.4, 0.5) is 5.82 Å². The molecule has 1 atom stereocenters. The minimum Gasteiger partial charge on any atom is -0.419 e. The fourth-order valence-electron chi connectivity index (χ4n) is 3.52. The van der Waals surface area contributed by atoms with Crippen molar-refractivity contribution in [1.82, 2.24) is 20.1 Å². The third-order valence-electron chi connectivity index (χ3n) is 5.30. The molecule has 1 N–H and O–H groups in total. The quantitative estimate of drug-likeness (QED) is 0.544. The number of piperidine rings is 1. The first kappa shape index (κ1) is 21.0. The summed E-state index contributed by atoms with van der Waals surface area (Å²) >= 11 is 9.39. The van der Waals surface area contributed by atoms with Gasteiger partial charge in [-0.3, -0.25) is 9.69 Å². The van der Waals surface area contributed by atoms with Gasteiger partial charge in [-0.25, -0.2) is 4.98 Å². The first-order chi connectivity index (χ1) is 14.5. The van der Waals surface area contributed by atoms with Crippen LogP contribution in [0.15, 0.2) is 51.5 Å². The van der Waals surface area contributed by atoms with Gasteiger partial charge < -0.3 is 9.73 Å². The second kappa shape index (κ2) is 9.24. The van der Waals surface area contributed by atoms with Crippen molar-refractivity contribution in [2.45, 2.75) is 25.8 Å². The number of hydrogen-bond donors (Lipinski definition) is 1. The SMILES string of the molecule is CC(c1nnc(-c2cccc(Cl)c2)o1)N1CCC(C(=O)Nc2ccc(Br)cn2)CC1. The Labute approximate surface area is 188 Å². The van der Waals surface area contributed by atoms with E-state index in [1.807, 2.05) is 25.1 Å². The number of anilines is 1. The van der Waals surface area contributed by atoms with Gasteiger partial charge in [0.25, 0.3) is 0 Å². The monoisotopic (exact) mass is 489 g/mol. The lowest BCUT2D eigenvalue weighted by atomic mass is 9.95. The molecule has 0 aliphatic carbocycles. The smallest absolute Gasteiger partial charge is 0.247 e. The molecular weight excluding hydrogens is 470 g/mol. The third-order valence-corrected chi connectivity index (χ3v) is 6.00. The highest BCUT2D eigenvalue weighted by atomic mass is 79.9. The number of aromatic nitrogens is 3. The molecule has 156 valence electrons. The maximum absolute atomic E-state index is 12.6. The van der Waals surface area contributed by atoms with Gasteiger partial charge in [-0.05, 0) is 79.1 Å². The van der Waals surface area contributed by atoms with Gasteiger partial charge in [-0.15, -0.1) is 10.2 Å². The van der Waals surface area contributed by atoms with E-state index in [4.69, 9.17) is 16.0 Å². The Bertz CT molecular complexity index is 1020. The van der Waals surface area contributed by atoms with E-state index in [0.717, 1.165) is 36.0 Å². The predicted molar refractivity (Wildman–Crippen MR) is 118 cm³/mol. The largest absolute Gasteiger partial charge is 0.419 e. The first-order valence-corrected chi connectivity index (χ1v) is 10.9. The second-order valence-electron chi connectivity index (χ2n) is 7.29. The number of carbonyl (C=O) groups is 1. The number of amides is 1. The summed E-state index contributed by atoms with van der Waals surface area (Å²) < 4.78 is 6.77. The van der Waals surface area contributed by atoms with Crippen LogP contribution in [0.2, 0.25) is 5.02 Å². The van der Waals surface area contributed by atoms with Crippen molar-refractivity contribution in [3.8, 4) is 11.5 Å². The molecule has 1 unspecified atom stereocenters. The number of benzene rings is 1. The molecular formula is C21H21BrClN5O2. The average Bonchev–Trinajstić information content (AvgIpc) is 3.25. The zero-order chi connectivity index (χ0) is 21.1. The van der Waals surface area contributed by atoms with Gasteiger partial charge in [0, 0.05) is 27.2 Å². The summed E-state index contributed by atoms with van der Waals surface area (Å²) in [7, 11) is 0. The summed E-state index contributed by atoms with van der Waals surface area (Å²) in [6.07, 6.45) is 3.20. The lowest BCUT2D eigenvalue weighted by Crippen LogP contribution is -2.39. The molecule has 1 aliphatic rings. The molecule has 3 heterocycles. The van der Waals surface area contributed by atoms with Crippen molar-refractivity contribution in [3.05, 3.63) is 58.0 Å². The molecule has 0 spiro atoms. The Balaban J connectivity index is 1.33. The van der Waals surface area contributed by atoms with E-state index in [1.54, 1.807) is 24.4 Å². The van der Waals surface area contributed by atoms with Crippen LogP contribution in [0.5, 0.6) is 0 Å². The van der Waals surface area contributed by atoms with E-state index in [9.17, 15) is 4.79 Å². The van der Waals surface area contributed by atoms with E-state index < -0.39 is 0 Å². The normalized spacial score (nSPS) is 16.4. The van der Waals surface area contributed by atoms with Crippen LogP contribution in [0.1, 0.15) is 31.7 Å². The molecule has 2 aromatic heterocycles. The number of hydrogen-bond acceptors (Lipinski definition) is 6. The van der Waals surface area contributed by atoms with Crippen molar-refractivity contribution >= 4 is 39.3 Å². The van der Waals surface area contributed by atoms with E-state index in [2.05, 4.69) is 41.3 Å². The molecule has 1 fully saturated rings. The number of carbonyl (C=O) groups excluding carboxylic acids is 1. The lowest BCUT2D eigenvalue weighted by Gasteiger charge is -2.33. The summed E-state index contributed by atoms with van der Waals surface area (Å²) in [6.45, 7) is 3.60. The molecule has 3 aromatic rings. The highest BCUT2D eigenvalue weighted by Gasteiger charge is 2.30. The van der Waals surface area contributed by atoms with Gasteiger partial charge in [0.1, 0.15) is 5.82 Å². The van der Waals surface area contributed by atoms with Crippen LogP contribution in [0, 0.1) is 5.92 Å². The summed E-state index contributed by atoms with van der Waals surface area (Å²) in [4.78, 5) is 19.0. The van der Waals surface area contributed by atoms with E-state index in [1.165, 1.54) is 0 Å². The minimum atomic E-state index is -0.0383. The van der Waals surface area contributed by atoms with Gasteiger partial charge in [0.15, 0.2) is 0 Å². The van der Waals surface area contributed by atoms with Crippen LogP contribution < -0.4 is 5.32 Å². The van der Waals surface area contributed by atoms with Crippen molar-refractivity contribution in [3.63, 3.8) is 0 Å². The van der Waals surface area contributed by atoms with E-state index in [0.29, 0.717) is 22.6 Å². The topological polar surface area (TPSA) is 84.2 Å². The molecule has 9 heteroatoms. The Morgan fingerprint density at radius 2 is 2.07 bits per heavy atom. The van der Waals surface area contributed by atoms with Gasteiger partial charge >= 0.3 is 0 Å². The lowest BCUT2D eigenvalue weighted by molar-refractivity contribution is -0.121. The summed E-state index contributed by atoms with van der Waals surface area (Å²) in [6, 6.07) is 11.0. The van der Waals surface area contributed by atoms with Crippen LogP contribution >= 0.6 is 27.5 Å². The van der Waals surface area contributed by atoms with Crippen LogP contribution in [-0.2, 0) is 4.79 Å². The van der Waals surface area contributed by atoms with Crippen LogP contribution in [0.3, 0.4) is 0 Å². The van der Waals surface area contributed by atoms with Crippen molar-refractivity contribution in [2.24, 2.45) is 5.92 Å². The zero-order valence-electron chi connectivity index (χ0n) is 16.4. The average molecular weight is 491 g/mol. The fourth-order valence-corrected chi connectivity index (χ4v) is 3.95. The highest BCUT2D eigenvalue weighted by molar-refractivity contribution is 9.10. The van der Waals surface area contributed by atoms with Gasteiger partial charge in [-0.1, -0.05) is 17.7 Å². The number of nitrogens with one attached hydrogen (secondary N) is 1. The number of halogens is 2. The van der Waals surface area contributed by atoms with E-state index in [-0.39, 0.29) is 17.9 Å². The Morgan fingerprint density at radius 3 is 2.77 bits per heavy atom. The summed E-state index contributed by atoms with van der Waals surface area (Å²) in [5.41, 5.74) is 0.797. The van der Waals surface area contributed by atoms with Gasteiger partial charge in [0.2, 0.25) is 17.7 Å². The van der Waals surface area contributed by atoms with Crippen molar-refractivity contribution < 1.29 is 9.21 Å². The molecule has 4 rings (SSSR count). The van der Waals surface area contributed by atoms with Crippen molar-refractivity contribution in [1.29, 1.82) is 0 Å². The van der Waals surface area contributed by atoms with Gasteiger partial charge in [-0.2, -0.15) is 0 Å². The van der Waals surface area contributed by atoms with Gasteiger partial charge in [0.05, 0.1) is 6.04 Å². The fraction of sp³-hybridized carbons (Fsp3) is 0.333. The number of pyridine rings is 1. The Hall–Kier alpha value is -2.29. The Morgan fingerprint density at radius 1 is 1.27 bits per heavy atom. The minimum absolute atomic E-state index is 0.0122. The maximum atomic E-state index is 12.6.